The Bertz CT molecular complexity index is 250. The zero-order valence-corrected chi connectivity index (χ0v) is 6.30. The second-order valence-corrected chi connectivity index (χ2v) is 2.28. The van der Waals surface area contributed by atoms with Crippen LogP contribution < -0.4 is 5.73 Å². The first-order chi connectivity index (χ1) is 5.24. The summed E-state index contributed by atoms with van der Waals surface area (Å²) in [6.45, 7) is 0.284. The third kappa shape index (κ3) is 1.91. The molecule has 2 N–H and O–H groups in total. The summed E-state index contributed by atoms with van der Waals surface area (Å²) in [5, 5.41) is 0. The van der Waals surface area contributed by atoms with E-state index in [4.69, 9.17) is 10.5 Å². The molecule has 0 saturated heterocycles. The van der Waals surface area contributed by atoms with Gasteiger partial charge >= 0.3 is 0 Å². The van der Waals surface area contributed by atoms with Crippen LogP contribution in [0.3, 0.4) is 0 Å². The Morgan fingerprint density at radius 2 is 2.27 bits per heavy atom. The number of nitrogen functional groups attached to an aromatic ring is 1. The van der Waals surface area contributed by atoms with Crippen LogP contribution in [0.15, 0.2) is 18.2 Å². The summed E-state index contributed by atoms with van der Waals surface area (Å²) in [5.74, 6) is -0.313. The van der Waals surface area contributed by atoms with Gasteiger partial charge in [0.1, 0.15) is 5.82 Å². The van der Waals surface area contributed by atoms with Crippen molar-refractivity contribution in [1.29, 1.82) is 0 Å². The van der Waals surface area contributed by atoms with Gasteiger partial charge in [0.15, 0.2) is 0 Å². The van der Waals surface area contributed by atoms with E-state index in [1.807, 2.05) is 0 Å². The number of nitrogens with two attached hydrogens (primary N) is 1. The Morgan fingerprint density at radius 3 is 2.82 bits per heavy atom. The molecule has 0 saturated carbocycles. The summed E-state index contributed by atoms with van der Waals surface area (Å²) in [5.41, 5.74) is 6.30. The van der Waals surface area contributed by atoms with Crippen molar-refractivity contribution in [2.45, 2.75) is 6.61 Å². The average Bonchev–Trinajstić information content (AvgIpc) is 1.95. The van der Waals surface area contributed by atoms with Gasteiger partial charge in [-0.25, -0.2) is 4.39 Å². The molecule has 1 aromatic rings. The fourth-order valence-electron chi connectivity index (χ4n) is 0.836. The lowest BCUT2D eigenvalue weighted by Gasteiger charge is -2.01. The van der Waals surface area contributed by atoms with Crippen LogP contribution in [-0.2, 0) is 11.3 Å². The number of hydrogen-bond donors (Lipinski definition) is 1. The van der Waals surface area contributed by atoms with Gasteiger partial charge in [0, 0.05) is 18.4 Å². The average molecular weight is 155 g/mol. The lowest BCUT2D eigenvalue weighted by Crippen LogP contribution is -1.94. The molecule has 60 valence electrons. The molecule has 0 aliphatic heterocycles. The van der Waals surface area contributed by atoms with Crippen LogP contribution >= 0.6 is 0 Å². The number of benzene rings is 1. The summed E-state index contributed by atoms with van der Waals surface area (Å²) in [6.07, 6.45) is 0. The SMILES string of the molecule is COCc1ccc(N)cc1F. The molecule has 0 aromatic heterocycles. The van der Waals surface area contributed by atoms with E-state index < -0.39 is 0 Å². The van der Waals surface area contributed by atoms with Gasteiger partial charge in [-0.3, -0.25) is 0 Å². The molecule has 0 atom stereocenters. The van der Waals surface area contributed by atoms with Crippen molar-refractivity contribution in [3.8, 4) is 0 Å². The van der Waals surface area contributed by atoms with E-state index in [9.17, 15) is 4.39 Å². The van der Waals surface area contributed by atoms with Crippen molar-refractivity contribution in [2.24, 2.45) is 0 Å². The third-order valence-electron chi connectivity index (χ3n) is 1.38. The highest BCUT2D eigenvalue weighted by molar-refractivity contribution is 5.40. The quantitative estimate of drug-likeness (QED) is 0.658. The molecule has 1 aromatic carbocycles. The molecule has 0 aliphatic carbocycles. The summed E-state index contributed by atoms with van der Waals surface area (Å²) in [6, 6.07) is 4.56. The topological polar surface area (TPSA) is 35.2 Å². The maximum absolute atomic E-state index is 12.9. The largest absolute Gasteiger partial charge is 0.399 e. The van der Waals surface area contributed by atoms with E-state index >= 15 is 0 Å². The first kappa shape index (κ1) is 8.01. The van der Waals surface area contributed by atoms with E-state index in [0.717, 1.165) is 0 Å². The second-order valence-electron chi connectivity index (χ2n) is 2.28. The number of ether oxygens (including phenoxy) is 1. The molecule has 0 fully saturated rings. The molecule has 2 nitrogen and oxygen atoms in total. The summed E-state index contributed by atoms with van der Waals surface area (Å²) < 4.78 is 17.6. The van der Waals surface area contributed by atoms with E-state index in [-0.39, 0.29) is 12.4 Å². The predicted octanol–water partition coefficient (Wildman–Crippen LogP) is 1.55. The second kappa shape index (κ2) is 3.34. The maximum atomic E-state index is 12.9. The molecule has 1 rings (SSSR count). The highest BCUT2D eigenvalue weighted by atomic mass is 19.1. The minimum atomic E-state index is -0.313. The van der Waals surface area contributed by atoms with Gasteiger partial charge in [-0.1, -0.05) is 6.07 Å². The van der Waals surface area contributed by atoms with Crippen molar-refractivity contribution >= 4 is 5.69 Å². The Kier molecular flexibility index (Phi) is 2.44. The van der Waals surface area contributed by atoms with Crippen LogP contribution in [-0.4, -0.2) is 7.11 Å². The van der Waals surface area contributed by atoms with Gasteiger partial charge < -0.3 is 10.5 Å². The summed E-state index contributed by atoms with van der Waals surface area (Å²) in [4.78, 5) is 0. The number of halogens is 1. The minimum absolute atomic E-state index is 0.284. The van der Waals surface area contributed by atoms with Crippen LogP contribution in [0.5, 0.6) is 0 Å². The van der Waals surface area contributed by atoms with Crippen molar-refractivity contribution in [3.63, 3.8) is 0 Å². The van der Waals surface area contributed by atoms with E-state index in [1.54, 1.807) is 12.1 Å². The van der Waals surface area contributed by atoms with Gasteiger partial charge in [-0.2, -0.15) is 0 Å². The van der Waals surface area contributed by atoms with Crippen molar-refractivity contribution in [1.82, 2.24) is 0 Å². The first-order valence-electron chi connectivity index (χ1n) is 3.27. The fraction of sp³-hybridized carbons (Fsp3) is 0.250. The predicted molar refractivity (Wildman–Crippen MR) is 41.5 cm³/mol. The zero-order valence-electron chi connectivity index (χ0n) is 6.30. The fourth-order valence-corrected chi connectivity index (χ4v) is 0.836. The number of anilines is 1. The van der Waals surface area contributed by atoms with Gasteiger partial charge in [-0.05, 0) is 12.1 Å². The van der Waals surface area contributed by atoms with E-state index in [2.05, 4.69) is 0 Å². The summed E-state index contributed by atoms with van der Waals surface area (Å²) in [7, 11) is 1.52. The van der Waals surface area contributed by atoms with Crippen LogP contribution in [0, 0.1) is 5.82 Å². The Morgan fingerprint density at radius 1 is 1.55 bits per heavy atom. The van der Waals surface area contributed by atoms with Gasteiger partial charge in [0.2, 0.25) is 0 Å². The monoisotopic (exact) mass is 155 g/mol. The Labute approximate surface area is 64.8 Å². The first-order valence-corrected chi connectivity index (χ1v) is 3.27. The molecular weight excluding hydrogens is 145 g/mol. The Balaban J connectivity index is 2.90. The molecule has 11 heavy (non-hydrogen) atoms. The zero-order chi connectivity index (χ0) is 8.27. The molecule has 3 heteroatoms. The van der Waals surface area contributed by atoms with Crippen molar-refractivity contribution < 1.29 is 9.13 Å². The van der Waals surface area contributed by atoms with Crippen LogP contribution in [0.1, 0.15) is 5.56 Å². The molecule has 0 spiro atoms. The van der Waals surface area contributed by atoms with E-state index in [1.165, 1.54) is 13.2 Å². The lowest BCUT2D eigenvalue weighted by molar-refractivity contribution is 0.181. The molecule has 0 bridgehead atoms. The number of methoxy groups -OCH3 is 1. The number of hydrogen-bond acceptors (Lipinski definition) is 2. The highest BCUT2D eigenvalue weighted by Gasteiger charge is 2.00. The molecular formula is C8H10FNO. The minimum Gasteiger partial charge on any atom is -0.399 e. The summed E-state index contributed by atoms with van der Waals surface area (Å²) >= 11 is 0. The Hall–Kier alpha value is -1.09. The normalized spacial score (nSPS) is 10.0. The molecule has 0 aliphatic rings. The van der Waals surface area contributed by atoms with Crippen LogP contribution in [0.2, 0.25) is 0 Å². The van der Waals surface area contributed by atoms with Gasteiger partial charge in [0.05, 0.1) is 6.61 Å². The maximum Gasteiger partial charge on any atom is 0.130 e. The molecule has 0 heterocycles. The van der Waals surface area contributed by atoms with Crippen molar-refractivity contribution in [3.05, 3.63) is 29.6 Å². The van der Waals surface area contributed by atoms with Gasteiger partial charge in [0.25, 0.3) is 0 Å². The molecule has 0 amide bonds. The lowest BCUT2D eigenvalue weighted by atomic mass is 10.2. The third-order valence-corrected chi connectivity index (χ3v) is 1.38. The van der Waals surface area contributed by atoms with E-state index in [0.29, 0.717) is 11.3 Å². The van der Waals surface area contributed by atoms with Crippen molar-refractivity contribution in [2.75, 3.05) is 12.8 Å². The molecule has 0 radical (unpaired) electrons. The number of rotatable bonds is 2. The van der Waals surface area contributed by atoms with Gasteiger partial charge in [-0.15, -0.1) is 0 Å². The standard InChI is InChI=1S/C8H10FNO/c1-11-5-6-2-3-7(10)4-8(6)9/h2-4H,5,10H2,1H3. The highest BCUT2D eigenvalue weighted by Crippen LogP contribution is 2.11. The van der Waals surface area contributed by atoms with Crippen LogP contribution in [0.4, 0.5) is 10.1 Å². The van der Waals surface area contributed by atoms with Crippen LogP contribution in [0.25, 0.3) is 0 Å². The molecule has 0 unspecified atom stereocenters. The smallest absolute Gasteiger partial charge is 0.130 e.